The molecular formula is C13H15Br3N4. The first-order chi connectivity index (χ1) is 9.58. The molecule has 1 aromatic heterocycles. The summed E-state index contributed by atoms with van der Waals surface area (Å²) in [6.45, 7) is 2.98. The molecule has 1 unspecified atom stereocenters. The number of hydrazine groups is 1. The highest BCUT2D eigenvalue weighted by atomic mass is 79.9. The molecule has 108 valence electrons. The van der Waals surface area contributed by atoms with E-state index in [2.05, 4.69) is 65.2 Å². The van der Waals surface area contributed by atoms with Crippen LogP contribution in [-0.4, -0.2) is 9.78 Å². The molecule has 0 radical (unpaired) electrons. The Kier molecular flexibility index (Phi) is 5.80. The van der Waals surface area contributed by atoms with Gasteiger partial charge in [-0.3, -0.25) is 10.5 Å². The zero-order valence-corrected chi connectivity index (χ0v) is 15.7. The number of nitrogens with one attached hydrogen (secondary N) is 1. The van der Waals surface area contributed by atoms with Crippen molar-refractivity contribution in [2.75, 3.05) is 0 Å². The molecule has 7 heteroatoms. The summed E-state index contributed by atoms with van der Waals surface area (Å²) in [5.74, 6) is 5.79. The van der Waals surface area contributed by atoms with Crippen LogP contribution in [0, 0.1) is 0 Å². The molecule has 3 N–H and O–H groups in total. The Morgan fingerprint density at radius 3 is 2.65 bits per heavy atom. The Hall–Kier alpha value is -0.210. The monoisotopic (exact) mass is 464 g/mol. The van der Waals surface area contributed by atoms with Gasteiger partial charge < -0.3 is 0 Å². The summed E-state index contributed by atoms with van der Waals surface area (Å²) in [7, 11) is 0. The highest BCUT2D eigenvalue weighted by Gasteiger charge is 2.22. The first-order valence-corrected chi connectivity index (χ1v) is 8.58. The van der Waals surface area contributed by atoms with E-state index in [4.69, 9.17) is 5.84 Å². The minimum atomic E-state index is -0.138. The number of halogens is 3. The van der Waals surface area contributed by atoms with Gasteiger partial charge in [0.25, 0.3) is 0 Å². The minimum absolute atomic E-state index is 0.138. The third-order valence-electron chi connectivity index (χ3n) is 2.98. The molecule has 0 bridgehead atoms. The third kappa shape index (κ3) is 3.33. The van der Waals surface area contributed by atoms with Crippen molar-refractivity contribution in [3.63, 3.8) is 0 Å². The molecule has 0 fully saturated rings. The van der Waals surface area contributed by atoms with Crippen molar-refractivity contribution in [3.8, 4) is 0 Å². The predicted octanol–water partition coefficient (Wildman–Crippen LogP) is 4.13. The summed E-state index contributed by atoms with van der Waals surface area (Å²) < 4.78 is 4.93. The van der Waals surface area contributed by atoms with Gasteiger partial charge in [-0.25, -0.2) is 5.43 Å². The van der Waals surface area contributed by atoms with E-state index in [1.807, 2.05) is 29.1 Å². The maximum atomic E-state index is 5.79. The van der Waals surface area contributed by atoms with Gasteiger partial charge in [-0.05, 0) is 40.0 Å². The fourth-order valence-electron chi connectivity index (χ4n) is 2.10. The van der Waals surface area contributed by atoms with Crippen LogP contribution in [0.5, 0.6) is 0 Å². The van der Waals surface area contributed by atoms with Gasteiger partial charge >= 0.3 is 0 Å². The van der Waals surface area contributed by atoms with Gasteiger partial charge in [-0.2, -0.15) is 5.10 Å². The smallest absolute Gasteiger partial charge is 0.0900 e. The first-order valence-electron chi connectivity index (χ1n) is 6.20. The molecule has 0 aliphatic heterocycles. The summed E-state index contributed by atoms with van der Waals surface area (Å²) in [5.41, 5.74) is 4.97. The third-order valence-corrected chi connectivity index (χ3v) is 4.77. The van der Waals surface area contributed by atoms with E-state index in [1.165, 1.54) is 0 Å². The van der Waals surface area contributed by atoms with Gasteiger partial charge in [0, 0.05) is 15.5 Å². The molecule has 4 nitrogen and oxygen atoms in total. The molecule has 2 aromatic rings. The largest absolute Gasteiger partial charge is 0.271 e. The number of benzene rings is 1. The van der Waals surface area contributed by atoms with Gasteiger partial charge in [-0.15, -0.1) is 0 Å². The van der Waals surface area contributed by atoms with Gasteiger partial charge in [0.15, 0.2) is 0 Å². The number of hydrogen-bond donors (Lipinski definition) is 2. The average Bonchev–Trinajstić information content (AvgIpc) is 2.75. The van der Waals surface area contributed by atoms with Crippen molar-refractivity contribution in [3.05, 3.63) is 49.1 Å². The lowest BCUT2D eigenvalue weighted by Crippen LogP contribution is -2.31. The minimum Gasteiger partial charge on any atom is -0.271 e. The van der Waals surface area contributed by atoms with E-state index in [0.29, 0.717) is 0 Å². The van der Waals surface area contributed by atoms with Crippen LogP contribution < -0.4 is 11.3 Å². The Labute approximate surface area is 143 Å². The van der Waals surface area contributed by atoms with Crippen molar-refractivity contribution in [1.82, 2.24) is 15.2 Å². The molecular weight excluding hydrogens is 452 g/mol. The van der Waals surface area contributed by atoms with Crippen LogP contribution in [0.3, 0.4) is 0 Å². The molecule has 0 aliphatic carbocycles. The van der Waals surface area contributed by atoms with Crippen molar-refractivity contribution < 1.29 is 0 Å². The molecule has 20 heavy (non-hydrogen) atoms. The van der Waals surface area contributed by atoms with Crippen molar-refractivity contribution in [2.45, 2.75) is 25.9 Å². The van der Waals surface area contributed by atoms with Crippen molar-refractivity contribution >= 4 is 47.8 Å². The Bertz CT molecular complexity index is 597. The summed E-state index contributed by atoms with van der Waals surface area (Å²) in [4.78, 5) is 0. The highest BCUT2D eigenvalue weighted by Crippen LogP contribution is 2.33. The lowest BCUT2D eigenvalue weighted by atomic mass is 10.0. The molecule has 0 amide bonds. The fourth-order valence-corrected chi connectivity index (χ4v) is 3.90. The maximum Gasteiger partial charge on any atom is 0.0900 e. The summed E-state index contributed by atoms with van der Waals surface area (Å²) in [5, 5.41) is 4.40. The molecule has 1 aromatic carbocycles. The van der Waals surface area contributed by atoms with Crippen LogP contribution >= 0.6 is 47.8 Å². The summed E-state index contributed by atoms with van der Waals surface area (Å²) in [6, 6.07) is 5.90. The SMILES string of the molecule is CCCn1ncc(Br)c1C(NN)c1ccc(Br)cc1Br. The molecule has 1 atom stereocenters. The average molecular weight is 467 g/mol. The molecule has 2 rings (SSSR count). The molecule has 0 saturated carbocycles. The van der Waals surface area contributed by atoms with Crippen LogP contribution in [0.2, 0.25) is 0 Å². The number of hydrogen-bond acceptors (Lipinski definition) is 3. The number of aryl methyl sites for hydroxylation is 1. The first kappa shape index (κ1) is 16.2. The lowest BCUT2D eigenvalue weighted by molar-refractivity contribution is 0.518. The van der Waals surface area contributed by atoms with Crippen LogP contribution in [0.4, 0.5) is 0 Å². The van der Waals surface area contributed by atoms with Crippen molar-refractivity contribution in [2.24, 2.45) is 5.84 Å². The van der Waals surface area contributed by atoms with Crippen molar-refractivity contribution in [1.29, 1.82) is 0 Å². The maximum absolute atomic E-state index is 5.79. The number of rotatable bonds is 5. The standard InChI is InChI=1S/C13H15Br3N4/c1-2-5-20-13(11(16)7-18-20)12(19-17)9-4-3-8(14)6-10(9)15/h3-4,6-7,12,19H,2,5,17H2,1H3. The fraction of sp³-hybridized carbons (Fsp3) is 0.308. The van der Waals surface area contributed by atoms with E-state index in [0.717, 1.165) is 37.6 Å². The van der Waals surface area contributed by atoms with E-state index in [-0.39, 0.29) is 6.04 Å². The Morgan fingerprint density at radius 2 is 2.05 bits per heavy atom. The summed E-state index contributed by atoms with van der Waals surface area (Å²) >= 11 is 10.6. The normalized spacial score (nSPS) is 12.7. The zero-order chi connectivity index (χ0) is 14.7. The molecule has 1 heterocycles. The van der Waals surface area contributed by atoms with Crippen LogP contribution in [-0.2, 0) is 6.54 Å². The number of nitrogens with zero attached hydrogens (tertiary/aromatic N) is 2. The predicted molar refractivity (Wildman–Crippen MR) is 91.2 cm³/mol. The molecule has 0 spiro atoms. The number of nitrogens with two attached hydrogens (primary N) is 1. The van der Waals surface area contributed by atoms with E-state index in [1.54, 1.807) is 0 Å². The van der Waals surface area contributed by atoms with Gasteiger partial charge in [-0.1, -0.05) is 44.8 Å². The van der Waals surface area contributed by atoms with E-state index >= 15 is 0 Å². The molecule has 0 aliphatic rings. The van der Waals surface area contributed by atoms with E-state index < -0.39 is 0 Å². The second-order valence-corrected chi connectivity index (χ2v) is 6.99. The summed E-state index contributed by atoms with van der Waals surface area (Å²) in [6.07, 6.45) is 2.82. The highest BCUT2D eigenvalue weighted by molar-refractivity contribution is 9.11. The Balaban J connectivity index is 2.49. The lowest BCUT2D eigenvalue weighted by Gasteiger charge is -2.20. The van der Waals surface area contributed by atoms with Crippen LogP contribution in [0.15, 0.2) is 37.8 Å². The van der Waals surface area contributed by atoms with Crippen LogP contribution in [0.1, 0.15) is 30.6 Å². The van der Waals surface area contributed by atoms with E-state index in [9.17, 15) is 0 Å². The van der Waals surface area contributed by atoms with Crippen LogP contribution in [0.25, 0.3) is 0 Å². The second kappa shape index (κ2) is 7.17. The van der Waals surface area contributed by atoms with Gasteiger partial charge in [0.2, 0.25) is 0 Å². The Morgan fingerprint density at radius 1 is 1.30 bits per heavy atom. The zero-order valence-electron chi connectivity index (χ0n) is 10.9. The topological polar surface area (TPSA) is 55.9 Å². The van der Waals surface area contributed by atoms with Gasteiger partial charge in [0.1, 0.15) is 0 Å². The van der Waals surface area contributed by atoms with Gasteiger partial charge in [0.05, 0.1) is 22.4 Å². The quantitative estimate of drug-likeness (QED) is 0.514. The second-order valence-electron chi connectivity index (χ2n) is 4.37. The number of aromatic nitrogens is 2. The molecule has 0 saturated heterocycles.